The fourth-order valence-electron chi connectivity index (χ4n) is 4.86. The first-order chi connectivity index (χ1) is 26.3. The second-order valence-corrected chi connectivity index (χ2v) is 14.6. The van der Waals surface area contributed by atoms with Gasteiger partial charge in [0.2, 0.25) is 0 Å². The second kappa shape index (κ2) is 16.6. The summed E-state index contributed by atoms with van der Waals surface area (Å²) in [4.78, 5) is 24.6. The molecule has 0 radical (unpaired) electrons. The van der Waals surface area contributed by atoms with Crippen LogP contribution in [0.1, 0.15) is 35.1 Å². The molecule has 0 saturated heterocycles. The van der Waals surface area contributed by atoms with Crippen LogP contribution in [0, 0.1) is 13.8 Å². The summed E-state index contributed by atoms with van der Waals surface area (Å²) in [5.41, 5.74) is 0.651. The first-order valence-electron chi connectivity index (χ1n) is 15.9. The molecule has 8 N–H and O–H groups in total. The van der Waals surface area contributed by atoms with E-state index >= 15 is 0 Å². The molecule has 0 unspecified atom stereocenters. The van der Waals surface area contributed by atoms with Gasteiger partial charge in [0.15, 0.2) is 24.0 Å². The van der Waals surface area contributed by atoms with E-state index in [0.717, 1.165) is 44.8 Å². The summed E-state index contributed by atoms with van der Waals surface area (Å²) in [6, 6.07) is 23.5. The van der Waals surface area contributed by atoms with E-state index < -0.39 is 43.9 Å². The van der Waals surface area contributed by atoms with Gasteiger partial charge < -0.3 is 20.4 Å². The number of aryl methyl sites for hydroxylation is 2. The van der Waals surface area contributed by atoms with Gasteiger partial charge in [-0.15, -0.1) is 10.2 Å². The third-order valence-electron chi connectivity index (χ3n) is 7.65. The smallest absolute Gasteiger partial charge is 0.299 e. The van der Waals surface area contributed by atoms with E-state index in [1.807, 2.05) is 32.0 Å². The average Bonchev–Trinajstić information content (AvgIpc) is 3.66. The van der Waals surface area contributed by atoms with Gasteiger partial charge in [-0.1, -0.05) is 29.8 Å². The topological polar surface area (TPSA) is 315 Å². The molecule has 0 aliphatic rings. The highest BCUT2D eigenvalue weighted by atomic mass is 32.2. The molecule has 0 fully saturated rings. The number of nitrogens with one attached hydrogen (secondary N) is 2. The lowest BCUT2D eigenvalue weighted by Crippen LogP contribution is -2.14. The zero-order chi connectivity index (χ0) is 40.9. The Morgan fingerprint density at radius 3 is 1.32 bits per heavy atom. The van der Waals surface area contributed by atoms with E-state index in [2.05, 4.69) is 30.7 Å². The molecule has 2 heterocycles. The molecule has 56 heavy (non-hydrogen) atoms. The van der Waals surface area contributed by atoms with Gasteiger partial charge in [-0.2, -0.15) is 27.1 Å². The first-order valence-corrected chi connectivity index (χ1v) is 18.8. The molecule has 0 saturated carbocycles. The van der Waals surface area contributed by atoms with Crippen LogP contribution < -0.4 is 11.1 Å². The number of aliphatic hydroxyl groups is 4. The van der Waals surface area contributed by atoms with Crippen LogP contribution in [0.15, 0.2) is 137 Å². The number of aliphatic hydroxyl groups excluding tert-OH is 2. The van der Waals surface area contributed by atoms with Crippen LogP contribution in [-0.2, 0) is 20.2 Å². The van der Waals surface area contributed by atoms with Crippen LogP contribution >= 0.6 is 0 Å². The molecule has 6 aromatic rings. The minimum Gasteiger partial charge on any atom is -0.363 e. The van der Waals surface area contributed by atoms with Gasteiger partial charge in [-0.3, -0.25) is 28.9 Å². The Morgan fingerprint density at radius 1 is 0.536 bits per heavy atom. The molecule has 0 aliphatic heterocycles. The lowest BCUT2D eigenvalue weighted by Gasteiger charge is -2.03. The first kappa shape index (κ1) is 40.9. The lowest BCUT2D eigenvalue weighted by atomic mass is 10.2. The predicted molar refractivity (Wildman–Crippen MR) is 197 cm³/mol. The molecule has 292 valence electrons. The summed E-state index contributed by atoms with van der Waals surface area (Å²) in [6.45, 7) is 3.76. The van der Waals surface area contributed by atoms with Crippen molar-refractivity contribution in [2.45, 2.75) is 36.2 Å². The number of hydrogen-bond acceptors (Lipinski definition) is 14. The fourth-order valence-corrected chi connectivity index (χ4v) is 5.82. The molecule has 0 aliphatic carbocycles. The van der Waals surface area contributed by atoms with Crippen molar-refractivity contribution in [3.63, 3.8) is 0 Å². The maximum absolute atomic E-state index is 12.7. The molecule has 0 spiro atoms. The minimum absolute atomic E-state index is 0.191. The second-order valence-electron chi connectivity index (χ2n) is 11.8. The number of aromatic nitrogens is 4. The molecule has 20 nitrogen and oxygen atoms in total. The van der Waals surface area contributed by atoms with Gasteiger partial charge in [0.1, 0.15) is 11.4 Å². The van der Waals surface area contributed by atoms with Crippen molar-refractivity contribution in [1.29, 1.82) is 0 Å². The molecule has 4 aromatic carbocycles. The Kier molecular flexibility index (Phi) is 12.2. The molecule has 0 bridgehead atoms. The van der Waals surface area contributed by atoms with Crippen LogP contribution in [0.3, 0.4) is 0 Å². The maximum Gasteiger partial charge on any atom is 0.299 e. The molecular formula is C34H32N8O12S2. The zero-order valence-corrected chi connectivity index (χ0v) is 30.7. The summed E-state index contributed by atoms with van der Waals surface area (Å²) in [5, 5.41) is 58.7. The number of aromatic amines is 2. The predicted octanol–water partition coefficient (Wildman–Crippen LogP) is 4.24. The normalized spacial score (nSPS) is 12.2. The third kappa shape index (κ3) is 9.70. The highest BCUT2D eigenvalue weighted by molar-refractivity contribution is 7.86. The van der Waals surface area contributed by atoms with Gasteiger partial charge in [0.05, 0.1) is 32.5 Å². The summed E-state index contributed by atoms with van der Waals surface area (Å²) < 4.78 is 64.4. The number of rotatable bonds is 10. The molecule has 2 aromatic heterocycles. The van der Waals surface area contributed by atoms with Crippen LogP contribution in [-0.4, -0.2) is 65.9 Å². The van der Waals surface area contributed by atoms with E-state index in [4.69, 9.17) is 9.11 Å². The van der Waals surface area contributed by atoms with Crippen LogP contribution in [0.5, 0.6) is 0 Å². The minimum atomic E-state index is -4.38. The molecule has 6 rings (SSSR count). The van der Waals surface area contributed by atoms with Crippen LogP contribution in [0.2, 0.25) is 0 Å². The maximum atomic E-state index is 12.7. The van der Waals surface area contributed by atoms with E-state index in [1.54, 1.807) is 30.3 Å². The van der Waals surface area contributed by atoms with Gasteiger partial charge in [-0.25, -0.2) is 9.36 Å². The molecule has 0 amide bonds. The SMILES string of the molecule is Cc1ccc(N=Nc2c(C(O)O)[nH]n(-c3ccc(S(=O)(=O)O)cc3)c2=O)cc1.Cc1cccc(N=Nc2c(C(O)O)[nH]n(-c3ccc(S(=O)(=O)O)cc3)c2=O)c1. The van der Waals surface area contributed by atoms with Crippen molar-refractivity contribution >= 4 is 43.0 Å². The Hall–Kier alpha value is -6.24. The van der Waals surface area contributed by atoms with Crippen molar-refractivity contribution in [2.75, 3.05) is 0 Å². The van der Waals surface area contributed by atoms with Crippen molar-refractivity contribution in [2.24, 2.45) is 20.5 Å². The quantitative estimate of drug-likeness (QED) is 0.0548. The van der Waals surface area contributed by atoms with Crippen molar-refractivity contribution in [3.8, 4) is 11.4 Å². The summed E-state index contributed by atoms with van der Waals surface area (Å²) in [5.74, 6) is 0. The van der Waals surface area contributed by atoms with E-state index in [9.17, 15) is 46.9 Å². The van der Waals surface area contributed by atoms with E-state index in [0.29, 0.717) is 11.4 Å². The van der Waals surface area contributed by atoms with Crippen molar-refractivity contribution < 1.29 is 46.4 Å². The summed E-state index contributed by atoms with van der Waals surface area (Å²) in [7, 11) is -8.76. The third-order valence-corrected chi connectivity index (χ3v) is 9.39. The van der Waals surface area contributed by atoms with Gasteiger partial charge in [0.25, 0.3) is 31.4 Å². The Balaban J connectivity index is 0.000000214. The highest BCUT2D eigenvalue weighted by Gasteiger charge is 2.22. The van der Waals surface area contributed by atoms with E-state index in [-0.39, 0.29) is 43.9 Å². The van der Waals surface area contributed by atoms with Crippen molar-refractivity contribution in [1.82, 2.24) is 19.6 Å². The van der Waals surface area contributed by atoms with Gasteiger partial charge in [0, 0.05) is 0 Å². The molecule has 22 heteroatoms. The largest absolute Gasteiger partial charge is 0.363 e. The molecular weight excluding hydrogens is 777 g/mol. The van der Waals surface area contributed by atoms with Gasteiger partial charge >= 0.3 is 0 Å². The highest BCUT2D eigenvalue weighted by Crippen LogP contribution is 2.25. The number of azo groups is 2. The van der Waals surface area contributed by atoms with Crippen LogP contribution in [0.25, 0.3) is 11.4 Å². The Bertz CT molecular complexity index is 2750. The van der Waals surface area contributed by atoms with Crippen molar-refractivity contribution in [3.05, 3.63) is 140 Å². The van der Waals surface area contributed by atoms with Gasteiger partial charge in [-0.05, 0) is 92.2 Å². The number of hydrogen-bond donors (Lipinski definition) is 8. The number of H-pyrrole nitrogens is 2. The standard InChI is InChI=1S/2C17H16N4O6S/c1-10-2-4-11(5-3-10)18-19-14-15(17(23)24)20-21(16(14)22)12-6-8-13(9-7-12)28(25,26)27;1-10-3-2-4-11(9-10)18-19-14-15(17(23)24)20-21(16(14)22)12-5-7-13(8-6-12)28(25,26)27/h2*2-9,17,20,23-24H,1H3,(H,25,26,27). The Morgan fingerprint density at radius 2 is 0.946 bits per heavy atom. The lowest BCUT2D eigenvalue weighted by molar-refractivity contribution is -0.0461. The monoisotopic (exact) mass is 808 g/mol. The number of benzene rings is 4. The Labute approximate surface area is 316 Å². The summed E-state index contributed by atoms with van der Waals surface area (Å²) in [6.07, 6.45) is -4.03. The zero-order valence-electron chi connectivity index (χ0n) is 29.0. The fraction of sp³-hybridized carbons (Fsp3) is 0.118. The summed E-state index contributed by atoms with van der Waals surface area (Å²) >= 11 is 0. The van der Waals surface area contributed by atoms with E-state index in [1.165, 1.54) is 24.3 Å². The van der Waals surface area contributed by atoms with Crippen LogP contribution in [0.4, 0.5) is 22.7 Å². The number of nitrogens with zero attached hydrogens (tertiary/aromatic N) is 6. The molecule has 0 atom stereocenters. The average molecular weight is 809 g/mol.